The third kappa shape index (κ3) is 2.91. The zero-order chi connectivity index (χ0) is 12.3. The molecule has 2 aromatic rings. The lowest BCUT2D eigenvalue weighted by Crippen LogP contribution is -2.00. The summed E-state index contributed by atoms with van der Waals surface area (Å²) >= 11 is 0. The minimum absolute atomic E-state index is 0.269. The lowest BCUT2D eigenvalue weighted by atomic mass is 10.1. The van der Waals surface area contributed by atoms with Crippen LogP contribution in [0.5, 0.6) is 11.5 Å². The average Bonchev–Trinajstić information content (AvgIpc) is 2.28. The largest absolute Gasteiger partial charge is 0.508 e. The van der Waals surface area contributed by atoms with Gasteiger partial charge < -0.3 is 15.5 Å². The Bertz CT molecular complexity index is 523. The number of aromatic hydroxyl groups is 2. The Morgan fingerprint density at radius 3 is 2.47 bits per heavy atom. The van der Waals surface area contributed by atoms with Gasteiger partial charge in [0.25, 0.3) is 0 Å². The first-order valence-corrected chi connectivity index (χ1v) is 5.46. The van der Waals surface area contributed by atoms with E-state index in [1.165, 1.54) is 0 Å². The number of anilines is 1. The van der Waals surface area contributed by atoms with Gasteiger partial charge >= 0.3 is 0 Å². The van der Waals surface area contributed by atoms with Crippen molar-refractivity contribution < 1.29 is 10.2 Å². The van der Waals surface area contributed by atoms with Crippen molar-refractivity contribution in [1.29, 1.82) is 0 Å². The molecule has 0 unspecified atom stereocenters. The maximum absolute atomic E-state index is 9.34. The second-order valence-electron chi connectivity index (χ2n) is 4.02. The molecule has 0 aliphatic carbocycles. The monoisotopic (exact) mass is 229 g/mol. The molecule has 17 heavy (non-hydrogen) atoms. The van der Waals surface area contributed by atoms with E-state index in [0.717, 1.165) is 16.8 Å². The Labute approximate surface area is 100 Å². The number of rotatable bonds is 3. The van der Waals surface area contributed by atoms with E-state index in [2.05, 4.69) is 5.32 Å². The van der Waals surface area contributed by atoms with E-state index < -0.39 is 0 Å². The third-order valence-electron chi connectivity index (χ3n) is 2.60. The molecular weight excluding hydrogens is 214 g/mol. The molecule has 0 atom stereocenters. The van der Waals surface area contributed by atoms with Crippen LogP contribution in [0, 0.1) is 6.92 Å². The van der Waals surface area contributed by atoms with Crippen LogP contribution in [0.2, 0.25) is 0 Å². The molecule has 3 N–H and O–H groups in total. The molecule has 0 spiro atoms. The maximum atomic E-state index is 9.34. The molecule has 2 aromatic carbocycles. The average molecular weight is 229 g/mol. The van der Waals surface area contributed by atoms with Gasteiger partial charge in [-0.15, -0.1) is 0 Å². The maximum Gasteiger partial charge on any atom is 0.115 e. The van der Waals surface area contributed by atoms with E-state index in [-0.39, 0.29) is 11.5 Å². The fraction of sp³-hybridized carbons (Fsp3) is 0.143. The second-order valence-corrected chi connectivity index (χ2v) is 4.02. The van der Waals surface area contributed by atoms with E-state index in [1.807, 2.05) is 25.1 Å². The van der Waals surface area contributed by atoms with Gasteiger partial charge in [-0.1, -0.05) is 12.1 Å². The summed E-state index contributed by atoms with van der Waals surface area (Å²) in [5.74, 6) is 0.539. The molecule has 0 amide bonds. The predicted molar refractivity (Wildman–Crippen MR) is 68.3 cm³/mol. The summed E-state index contributed by atoms with van der Waals surface area (Å²) in [6.45, 7) is 2.57. The van der Waals surface area contributed by atoms with Gasteiger partial charge in [0.1, 0.15) is 11.5 Å². The van der Waals surface area contributed by atoms with Crippen LogP contribution < -0.4 is 5.32 Å². The van der Waals surface area contributed by atoms with Crippen LogP contribution in [0.1, 0.15) is 11.1 Å². The van der Waals surface area contributed by atoms with Crippen molar-refractivity contribution in [2.45, 2.75) is 13.5 Å². The number of nitrogens with one attached hydrogen (secondary N) is 1. The standard InChI is InChI=1S/C14H15NO2/c1-10-7-13(17)5-6-14(10)15-9-11-3-2-4-12(16)8-11/h2-8,15-17H,9H2,1H3. The number of hydrogen-bond acceptors (Lipinski definition) is 3. The van der Waals surface area contributed by atoms with E-state index in [9.17, 15) is 10.2 Å². The third-order valence-corrected chi connectivity index (χ3v) is 2.60. The smallest absolute Gasteiger partial charge is 0.115 e. The van der Waals surface area contributed by atoms with Crippen molar-refractivity contribution in [2.75, 3.05) is 5.32 Å². The van der Waals surface area contributed by atoms with Crippen molar-refractivity contribution >= 4 is 5.69 Å². The van der Waals surface area contributed by atoms with Crippen molar-refractivity contribution in [1.82, 2.24) is 0 Å². The highest BCUT2D eigenvalue weighted by Gasteiger charge is 1.99. The van der Waals surface area contributed by atoms with E-state index >= 15 is 0 Å². The Balaban J connectivity index is 2.07. The SMILES string of the molecule is Cc1cc(O)ccc1NCc1cccc(O)c1. The van der Waals surface area contributed by atoms with Crippen LogP contribution in [0.3, 0.4) is 0 Å². The molecule has 0 saturated heterocycles. The topological polar surface area (TPSA) is 52.5 Å². The van der Waals surface area contributed by atoms with E-state index in [1.54, 1.807) is 24.3 Å². The lowest BCUT2D eigenvalue weighted by molar-refractivity contribution is 0.474. The molecule has 0 fully saturated rings. The summed E-state index contributed by atoms with van der Waals surface area (Å²) in [5.41, 5.74) is 2.98. The minimum atomic E-state index is 0.269. The van der Waals surface area contributed by atoms with Crippen LogP contribution in [-0.2, 0) is 6.54 Å². The molecule has 0 bridgehead atoms. The number of phenols is 2. The fourth-order valence-corrected chi connectivity index (χ4v) is 1.71. The van der Waals surface area contributed by atoms with Gasteiger partial charge in [0, 0.05) is 12.2 Å². The molecule has 0 heterocycles. The molecule has 3 nitrogen and oxygen atoms in total. The van der Waals surface area contributed by atoms with Gasteiger partial charge in [-0.05, 0) is 48.4 Å². The summed E-state index contributed by atoms with van der Waals surface area (Å²) in [7, 11) is 0. The minimum Gasteiger partial charge on any atom is -0.508 e. The van der Waals surface area contributed by atoms with Gasteiger partial charge in [0.2, 0.25) is 0 Å². The Morgan fingerprint density at radius 2 is 1.76 bits per heavy atom. The summed E-state index contributed by atoms with van der Waals surface area (Å²) in [5, 5.41) is 21.9. The molecule has 0 saturated carbocycles. The summed E-state index contributed by atoms with van der Waals surface area (Å²) in [4.78, 5) is 0. The number of aryl methyl sites for hydroxylation is 1. The molecule has 2 rings (SSSR count). The molecule has 3 heteroatoms. The molecule has 0 aliphatic rings. The Hall–Kier alpha value is -2.16. The highest BCUT2D eigenvalue weighted by Crippen LogP contribution is 2.21. The number of benzene rings is 2. The van der Waals surface area contributed by atoms with Gasteiger partial charge in [0.05, 0.1) is 0 Å². The van der Waals surface area contributed by atoms with Crippen LogP contribution in [0.25, 0.3) is 0 Å². The molecule has 0 aromatic heterocycles. The zero-order valence-electron chi connectivity index (χ0n) is 9.64. The molecule has 0 aliphatic heterocycles. The van der Waals surface area contributed by atoms with E-state index in [4.69, 9.17) is 0 Å². The van der Waals surface area contributed by atoms with Gasteiger partial charge in [0.15, 0.2) is 0 Å². The Kier molecular flexibility index (Phi) is 3.19. The highest BCUT2D eigenvalue weighted by atomic mass is 16.3. The second kappa shape index (κ2) is 4.78. The number of phenolic OH excluding ortho intramolecular Hbond substituents is 2. The summed E-state index contributed by atoms with van der Waals surface area (Å²) < 4.78 is 0. The first-order chi connectivity index (χ1) is 8.15. The van der Waals surface area contributed by atoms with Crippen LogP contribution >= 0.6 is 0 Å². The summed E-state index contributed by atoms with van der Waals surface area (Å²) in [6, 6.07) is 12.3. The first kappa shape index (κ1) is 11.3. The fourth-order valence-electron chi connectivity index (χ4n) is 1.71. The number of hydrogen-bond donors (Lipinski definition) is 3. The Morgan fingerprint density at radius 1 is 1.00 bits per heavy atom. The van der Waals surface area contributed by atoms with Gasteiger partial charge in [-0.2, -0.15) is 0 Å². The molecule has 88 valence electrons. The van der Waals surface area contributed by atoms with Crippen LogP contribution in [-0.4, -0.2) is 10.2 Å². The molecule has 0 radical (unpaired) electrons. The van der Waals surface area contributed by atoms with E-state index in [0.29, 0.717) is 6.54 Å². The van der Waals surface area contributed by atoms with Gasteiger partial charge in [-0.3, -0.25) is 0 Å². The normalized spacial score (nSPS) is 10.2. The quantitative estimate of drug-likeness (QED) is 0.709. The van der Waals surface area contributed by atoms with Crippen LogP contribution in [0.4, 0.5) is 5.69 Å². The van der Waals surface area contributed by atoms with Crippen molar-refractivity contribution in [3.63, 3.8) is 0 Å². The highest BCUT2D eigenvalue weighted by molar-refractivity contribution is 5.53. The summed E-state index contributed by atoms with van der Waals surface area (Å²) in [6.07, 6.45) is 0. The predicted octanol–water partition coefficient (Wildman–Crippen LogP) is 3.02. The van der Waals surface area contributed by atoms with Crippen molar-refractivity contribution in [2.24, 2.45) is 0 Å². The van der Waals surface area contributed by atoms with Crippen molar-refractivity contribution in [3.8, 4) is 11.5 Å². The molecular formula is C14H15NO2. The van der Waals surface area contributed by atoms with Gasteiger partial charge in [-0.25, -0.2) is 0 Å². The van der Waals surface area contributed by atoms with Crippen LogP contribution in [0.15, 0.2) is 42.5 Å². The first-order valence-electron chi connectivity index (χ1n) is 5.46. The van der Waals surface area contributed by atoms with Crippen molar-refractivity contribution in [3.05, 3.63) is 53.6 Å². The zero-order valence-corrected chi connectivity index (χ0v) is 9.64. The lowest BCUT2D eigenvalue weighted by Gasteiger charge is -2.10.